The number of primary amides is 1. The largest absolute Gasteiger partial charge is 0.417 e. The van der Waals surface area contributed by atoms with Gasteiger partial charge in [0.1, 0.15) is 0 Å². The van der Waals surface area contributed by atoms with E-state index >= 15 is 0 Å². The Kier molecular flexibility index (Phi) is 4.99. The minimum atomic E-state index is -4.56. The van der Waals surface area contributed by atoms with Gasteiger partial charge in [-0.05, 0) is 30.2 Å². The van der Waals surface area contributed by atoms with Crippen LogP contribution in [0.2, 0.25) is 5.02 Å². The molecular formula is C15H14ClF3N2O2. The number of amides is 2. The molecule has 4 nitrogen and oxygen atoms in total. The molecule has 0 bridgehead atoms. The molecule has 1 fully saturated rings. The molecule has 1 saturated heterocycles. The van der Waals surface area contributed by atoms with Gasteiger partial charge in [-0.1, -0.05) is 17.7 Å². The van der Waals surface area contributed by atoms with E-state index in [0.717, 1.165) is 12.1 Å². The Morgan fingerprint density at radius 1 is 1.35 bits per heavy atom. The molecule has 0 saturated carbocycles. The predicted molar refractivity (Wildman–Crippen MR) is 79.4 cm³/mol. The van der Waals surface area contributed by atoms with Gasteiger partial charge in [-0.3, -0.25) is 9.59 Å². The number of alkyl halides is 3. The molecular weight excluding hydrogens is 333 g/mol. The molecule has 0 aliphatic carbocycles. The van der Waals surface area contributed by atoms with Crippen molar-refractivity contribution in [1.82, 2.24) is 4.90 Å². The minimum Gasteiger partial charge on any atom is -0.369 e. The first-order valence-corrected chi connectivity index (χ1v) is 7.19. The maximum atomic E-state index is 12.8. The van der Waals surface area contributed by atoms with Crippen LogP contribution in [0, 0.1) is 5.92 Å². The molecule has 1 aliphatic heterocycles. The number of carbonyl (C=O) groups is 2. The SMILES string of the molecule is NC(=O)[C@@H]1CCN(C(=O)/C=C\c2ccc(Cl)c(C(F)(F)F)c2)C1. The van der Waals surface area contributed by atoms with Crippen LogP contribution >= 0.6 is 11.6 Å². The van der Waals surface area contributed by atoms with Gasteiger partial charge in [0.2, 0.25) is 11.8 Å². The summed E-state index contributed by atoms with van der Waals surface area (Å²) in [6.07, 6.45) is -1.61. The number of benzene rings is 1. The number of carbonyl (C=O) groups excluding carboxylic acids is 2. The van der Waals surface area contributed by atoms with Crippen molar-refractivity contribution >= 4 is 29.5 Å². The van der Waals surface area contributed by atoms with Crippen LogP contribution in [0.25, 0.3) is 6.08 Å². The van der Waals surface area contributed by atoms with Crippen LogP contribution in [0.15, 0.2) is 24.3 Å². The average molecular weight is 347 g/mol. The Balaban J connectivity index is 2.09. The standard InChI is InChI=1S/C15H14ClF3N2O2/c16-12-3-1-9(7-11(12)15(17,18)19)2-4-13(22)21-6-5-10(8-21)14(20)23/h1-4,7,10H,5-6,8H2,(H2,20,23)/b4-2-/t10-/m1/s1. The lowest BCUT2D eigenvalue weighted by molar-refractivity contribution is -0.137. The Labute approximate surface area is 135 Å². The van der Waals surface area contributed by atoms with Gasteiger partial charge in [0, 0.05) is 19.2 Å². The van der Waals surface area contributed by atoms with Crippen LogP contribution in [-0.4, -0.2) is 29.8 Å². The minimum absolute atomic E-state index is 0.209. The molecule has 0 spiro atoms. The van der Waals surface area contributed by atoms with Crippen LogP contribution < -0.4 is 5.73 Å². The lowest BCUT2D eigenvalue weighted by Crippen LogP contribution is -2.30. The summed E-state index contributed by atoms with van der Waals surface area (Å²) in [7, 11) is 0. The molecule has 1 aromatic carbocycles. The van der Waals surface area contributed by atoms with Gasteiger partial charge >= 0.3 is 6.18 Å². The van der Waals surface area contributed by atoms with Crippen LogP contribution in [0.5, 0.6) is 0 Å². The van der Waals surface area contributed by atoms with Crippen molar-refractivity contribution < 1.29 is 22.8 Å². The summed E-state index contributed by atoms with van der Waals surface area (Å²) >= 11 is 5.53. The molecule has 1 atom stereocenters. The van der Waals surface area contributed by atoms with E-state index in [1.807, 2.05) is 0 Å². The number of halogens is 4. The Bertz CT molecular complexity index is 659. The van der Waals surface area contributed by atoms with E-state index < -0.39 is 22.7 Å². The fourth-order valence-corrected chi connectivity index (χ4v) is 2.55. The lowest BCUT2D eigenvalue weighted by Gasteiger charge is -2.13. The number of nitrogens with zero attached hydrogens (tertiary/aromatic N) is 1. The molecule has 8 heteroatoms. The molecule has 1 aliphatic rings. The van der Waals surface area contributed by atoms with Crippen molar-refractivity contribution in [3.8, 4) is 0 Å². The third-order valence-corrected chi connectivity index (χ3v) is 3.95. The van der Waals surface area contributed by atoms with Gasteiger partial charge in [0.15, 0.2) is 0 Å². The third kappa shape index (κ3) is 4.25. The Morgan fingerprint density at radius 2 is 2.04 bits per heavy atom. The zero-order chi connectivity index (χ0) is 17.2. The number of hydrogen-bond acceptors (Lipinski definition) is 2. The van der Waals surface area contributed by atoms with Crippen molar-refractivity contribution in [2.45, 2.75) is 12.6 Å². The van der Waals surface area contributed by atoms with Gasteiger partial charge in [0.05, 0.1) is 16.5 Å². The van der Waals surface area contributed by atoms with E-state index in [2.05, 4.69) is 0 Å². The van der Waals surface area contributed by atoms with E-state index in [1.165, 1.54) is 23.1 Å². The van der Waals surface area contributed by atoms with Gasteiger partial charge < -0.3 is 10.6 Å². The summed E-state index contributed by atoms with van der Waals surface area (Å²) in [4.78, 5) is 24.5. The van der Waals surface area contributed by atoms with E-state index in [1.54, 1.807) is 0 Å². The average Bonchev–Trinajstić information content (AvgIpc) is 2.95. The fraction of sp³-hybridized carbons (Fsp3) is 0.333. The summed E-state index contributed by atoms with van der Waals surface area (Å²) in [6, 6.07) is 3.40. The van der Waals surface area contributed by atoms with Crippen LogP contribution in [0.4, 0.5) is 13.2 Å². The van der Waals surface area contributed by atoms with Gasteiger partial charge in [-0.15, -0.1) is 0 Å². The van der Waals surface area contributed by atoms with Crippen LogP contribution in [0.1, 0.15) is 17.5 Å². The van der Waals surface area contributed by atoms with Crippen molar-refractivity contribution in [1.29, 1.82) is 0 Å². The first kappa shape index (κ1) is 17.3. The highest BCUT2D eigenvalue weighted by Crippen LogP contribution is 2.35. The summed E-state index contributed by atoms with van der Waals surface area (Å²) in [5.41, 5.74) is 4.44. The van der Waals surface area contributed by atoms with Crippen molar-refractivity contribution in [3.63, 3.8) is 0 Å². The molecule has 2 N–H and O–H groups in total. The molecule has 1 aromatic rings. The normalized spacial score (nSPS) is 18.6. The Hall–Kier alpha value is -2.02. The van der Waals surface area contributed by atoms with Gasteiger partial charge in [-0.2, -0.15) is 13.2 Å². The molecule has 2 rings (SSSR count). The first-order chi connectivity index (χ1) is 10.7. The highest BCUT2D eigenvalue weighted by molar-refractivity contribution is 6.31. The van der Waals surface area contributed by atoms with E-state index in [4.69, 9.17) is 17.3 Å². The maximum Gasteiger partial charge on any atom is 0.417 e. The highest BCUT2D eigenvalue weighted by Gasteiger charge is 2.33. The number of nitrogens with two attached hydrogens (primary N) is 1. The quantitative estimate of drug-likeness (QED) is 0.855. The molecule has 0 unspecified atom stereocenters. The fourth-order valence-electron chi connectivity index (χ4n) is 2.33. The molecule has 2 amide bonds. The second-order valence-corrected chi connectivity index (χ2v) is 5.65. The molecule has 1 heterocycles. The number of likely N-dealkylation sites (tertiary alicyclic amines) is 1. The zero-order valence-corrected chi connectivity index (χ0v) is 12.7. The van der Waals surface area contributed by atoms with Gasteiger partial charge in [-0.25, -0.2) is 0 Å². The van der Waals surface area contributed by atoms with Crippen LogP contribution in [-0.2, 0) is 15.8 Å². The second-order valence-electron chi connectivity index (χ2n) is 5.24. The molecule has 23 heavy (non-hydrogen) atoms. The number of hydrogen-bond donors (Lipinski definition) is 1. The summed E-state index contributed by atoms with van der Waals surface area (Å²) in [5, 5.41) is -0.398. The van der Waals surface area contributed by atoms with Crippen molar-refractivity contribution in [3.05, 3.63) is 40.4 Å². The number of rotatable bonds is 3. The van der Waals surface area contributed by atoms with Crippen LogP contribution in [0.3, 0.4) is 0 Å². The van der Waals surface area contributed by atoms with Gasteiger partial charge in [0.25, 0.3) is 0 Å². The van der Waals surface area contributed by atoms with Crippen molar-refractivity contribution in [2.75, 3.05) is 13.1 Å². The highest BCUT2D eigenvalue weighted by atomic mass is 35.5. The lowest BCUT2D eigenvalue weighted by atomic mass is 10.1. The molecule has 0 radical (unpaired) electrons. The van der Waals surface area contributed by atoms with Crippen molar-refractivity contribution in [2.24, 2.45) is 11.7 Å². The predicted octanol–water partition coefficient (Wildman–Crippen LogP) is 2.71. The van der Waals surface area contributed by atoms with E-state index in [0.29, 0.717) is 13.0 Å². The topological polar surface area (TPSA) is 63.4 Å². The summed E-state index contributed by atoms with van der Waals surface area (Å²) < 4.78 is 38.3. The van der Waals surface area contributed by atoms with E-state index in [-0.39, 0.29) is 23.9 Å². The Morgan fingerprint density at radius 3 is 2.61 bits per heavy atom. The molecule has 0 aromatic heterocycles. The molecule has 124 valence electrons. The smallest absolute Gasteiger partial charge is 0.369 e. The first-order valence-electron chi connectivity index (χ1n) is 6.81. The third-order valence-electron chi connectivity index (χ3n) is 3.62. The second kappa shape index (κ2) is 6.62. The van der Waals surface area contributed by atoms with E-state index in [9.17, 15) is 22.8 Å². The zero-order valence-electron chi connectivity index (χ0n) is 11.9. The summed E-state index contributed by atoms with van der Waals surface area (Å²) in [5.74, 6) is -1.21. The monoisotopic (exact) mass is 346 g/mol. The summed E-state index contributed by atoms with van der Waals surface area (Å²) in [6.45, 7) is 0.623. The maximum absolute atomic E-state index is 12.8.